The number of hydrogen-bond acceptors (Lipinski definition) is 6. The Bertz CT molecular complexity index is 858. The zero-order chi connectivity index (χ0) is 24.9. The van der Waals surface area contributed by atoms with Gasteiger partial charge in [-0.1, -0.05) is 30.3 Å². The average Bonchev–Trinajstić information content (AvgIpc) is 3.20. The van der Waals surface area contributed by atoms with E-state index in [1.54, 1.807) is 4.68 Å². The average molecular weight is 448 g/mol. The summed E-state index contributed by atoms with van der Waals surface area (Å²) in [6.07, 6.45) is -0.247. The van der Waals surface area contributed by atoms with E-state index in [-0.39, 0.29) is 24.3 Å². The summed E-state index contributed by atoms with van der Waals surface area (Å²) >= 11 is 0. The Morgan fingerprint density at radius 3 is 2.09 bits per heavy atom. The Balaban J connectivity index is 0.00000227. The number of nitrogens with two attached hydrogens (primary N) is 3. The normalized spacial score (nSPS) is 11.1. The monoisotopic (exact) mass is 447 g/mol. The van der Waals surface area contributed by atoms with Crippen LogP contribution < -0.4 is 27.8 Å². The molecule has 0 saturated carbocycles. The highest BCUT2D eigenvalue weighted by atomic mass is 16.2. The van der Waals surface area contributed by atoms with Crippen molar-refractivity contribution in [3.8, 4) is 11.3 Å². The Morgan fingerprint density at radius 2 is 1.62 bits per heavy atom. The maximum absolute atomic E-state index is 12.6. The Labute approximate surface area is 189 Å². The maximum Gasteiger partial charge on any atom is 0.242 e. The first-order chi connectivity index (χ1) is 15.1. The quantitative estimate of drug-likeness (QED) is 0.403. The molecule has 0 saturated heterocycles. The summed E-state index contributed by atoms with van der Waals surface area (Å²) < 4.78 is 1.80. The Morgan fingerprint density at radius 1 is 1.06 bits per heavy atom. The van der Waals surface area contributed by atoms with E-state index in [1.807, 2.05) is 57.2 Å². The molecule has 10 nitrogen and oxygen atoms in total. The summed E-state index contributed by atoms with van der Waals surface area (Å²) in [7, 11) is 4.43. The van der Waals surface area contributed by atoms with Crippen LogP contribution in [0.4, 0.5) is 0 Å². The van der Waals surface area contributed by atoms with Crippen LogP contribution in [0.1, 0.15) is 32.9 Å². The first-order valence-electron chi connectivity index (χ1n) is 10.2. The SMILES string of the molecule is CN.CN.CNC(=O)[C@H](CC(N)=O)NC(=O)Cc1cc(-c2ccccc2)nn1C(C)(C)C. The van der Waals surface area contributed by atoms with Gasteiger partial charge in [0.05, 0.1) is 24.1 Å². The molecule has 0 fully saturated rings. The first kappa shape index (κ1) is 28.8. The second kappa shape index (κ2) is 13.9. The third-order valence-corrected chi connectivity index (χ3v) is 4.13. The number of carbonyl (C=O) groups is 3. The van der Waals surface area contributed by atoms with Crippen molar-refractivity contribution in [2.45, 2.75) is 45.2 Å². The molecule has 1 aromatic heterocycles. The minimum Gasteiger partial charge on any atom is -0.370 e. The topological polar surface area (TPSA) is 171 Å². The number of rotatable bonds is 7. The molecule has 1 aromatic carbocycles. The highest BCUT2D eigenvalue weighted by Gasteiger charge is 2.25. The van der Waals surface area contributed by atoms with E-state index in [0.29, 0.717) is 5.69 Å². The minimum absolute atomic E-state index is 0.0172. The van der Waals surface area contributed by atoms with Gasteiger partial charge in [0.25, 0.3) is 0 Å². The number of amides is 3. The van der Waals surface area contributed by atoms with Crippen LogP contribution in [0.5, 0.6) is 0 Å². The molecule has 8 N–H and O–H groups in total. The molecule has 0 aliphatic rings. The summed E-state index contributed by atoms with van der Waals surface area (Å²) in [5.74, 6) is -1.53. The molecule has 0 spiro atoms. The van der Waals surface area contributed by atoms with Crippen LogP contribution in [-0.2, 0) is 26.3 Å². The van der Waals surface area contributed by atoms with Crippen LogP contribution in [0.2, 0.25) is 0 Å². The third kappa shape index (κ3) is 8.86. The van der Waals surface area contributed by atoms with E-state index in [9.17, 15) is 14.4 Å². The summed E-state index contributed by atoms with van der Waals surface area (Å²) in [6, 6.07) is 10.5. The second-order valence-electron chi connectivity index (χ2n) is 7.55. The van der Waals surface area contributed by atoms with Gasteiger partial charge in [0.2, 0.25) is 17.7 Å². The van der Waals surface area contributed by atoms with Crippen LogP contribution in [0.15, 0.2) is 36.4 Å². The first-order valence-corrected chi connectivity index (χ1v) is 10.2. The molecule has 2 rings (SSSR count). The van der Waals surface area contributed by atoms with Gasteiger partial charge in [-0.3, -0.25) is 19.1 Å². The number of hydrogen-bond donors (Lipinski definition) is 5. The number of primary amides is 1. The molecule has 0 unspecified atom stereocenters. The van der Waals surface area contributed by atoms with E-state index < -0.39 is 17.9 Å². The minimum atomic E-state index is -1.00. The molecule has 3 amide bonds. The fraction of sp³-hybridized carbons (Fsp3) is 0.455. The fourth-order valence-corrected chi connectivity index (χ4v) is 2.87. The molecule has 10 heteroatoms. The predicted octanol–water partition coefficient (Wildman–Crippen LogP) is 0.104. The van der Waals surface area contributed by atoms with Gasteiger partial charge in [-0.15, -0.1) is 0 Å². The van der Waals surface area contributed by atoms with Crippen LogP contribution in [0.25, 0.3) is 11.3 Å². The lowest BCUT2D eigenvalue weighted by molar-refractivity contribution is -0.130. The fourth-order valence-electron chi connectivity index (χ4n) is 2.87. The molecular formula is C22H37N7O3. The number of aromatic nitrogens is 2. The van der Waals surface area contributed by atoms with E-state index in [1.165, 1.54) is 21.1 Å². The summed E-state index contributed by atoms with van der Waals surface area (Å²) in [4.78, 5) is 35.7. The summed E-state index contributed by atoms with van der Waals surface area (Å²) in [5.41, 5.74) is 16.3. The van der Waals surface area contributed by atoms with Crippen LogP contribution in [-0.4, -0.2) is 54.7 Å². The highest BCUT2D eigenvalue weighted by Crippen LogP contribution is 2.24. The lowest BCUT2D eigenvalue weighted by atomic mass is 10.1. The largest absolute Gasteiger partial charge is 0.370 e. The van der Waals surface area contributed by atoms with E-state index in [0.717, 1.165) is 11.3 Å². The van der Waals surface area contributed by atoms with Crippen molar-refractivity contribution in [1.29, 1.82) is 0 Å². The number of nitrogens with zero attached hydrogens (tertiary/aromatic N) is 2. The van der Waals surface area contributed by atoms with Gasteiger partial charge in [0.1, 0.15) is 6.04 Å². The Hall–Kier alpha value is -3.24. The lowest BCUT2D eigenvalue weighted by Crippen LogP contribution is -2.48. The van der Waals surface area contributed by atoms with E-state index in [4.69, 9.17) is 5.73 Å². The summed E-state index contributed by atoms with van der Waals surface area (Å²) in [5, 5.41) is 9.67. The van der Waals surface area contributed by atoms with Crippen molar-refractivity contribution in [2.75, 3.05) is 21.1 Å². The van der Waals surface area contributed by atoms with Crippen molar-refractivity contribution < 1.29 is 14.4 Å². The lowest BCUT2D eigenvalue weighted by Gasteiger charge is -2.23. The molecule has 0 aliphatic heterocycles. The zero-order valence-corrected chi connectivity index (χ0v) is 19.8. The molecule has 2 aromatic rings. The molecule has 0 radical (unpaired) electrons. The van der Waals surface area contributed by atoms with Gasteiger partial charge in [-0.05, 0) is 40.9 Å². The van der Waals surface area contributed by atoms with Gasteiger partial charge in [0, 0.05) is 18.3 Å². The van der Waals surface area contributed by atoms with Crippen LogP contribution in [0, 0.1) is 0 Å². The predicted molar refractivity (Wildman–Crippen MR) is 126 cm³/mol. The third-order valence-electron chi connectivity index (χ3n) is 4.13. The second-order valence-corrected chi connectivity index (χ2v) is 7.55. The molecule has 1 heterocycles. The van der Waals surface area contributed by atoms with Crippen molar-refractivity contribution in [3.05, 3.63) is 42.1 Å². The van der Waals surface area contributed by atoms with Crippen LogP contribution >= 0.6 is 0 Å². The standard InChI is InChI=1S/C20H27N5O3.2CH5N/c1-20(2,3)25-14(10-15(24-25)13-8-6-5-7-9-13)11-18(27)23-16(12-17(21)26)19(28)22-4;2*1-2/h5-10,16H,11-12H2,1-4H3,(H2,21,26)(H,22,28)(H,23,27);2*2H2,1H3/t16-;;/m0../s1. The number of nitrogens with one attached hydrogen (secondary N) is 2. The van der Waals surface area contributed by atoms with Gasteiger partial charge >= 0.3 is 0 Å². The van der Waals surface area contributed by atoms with Gasteiger partial charge < -0.3 is 27.8 Å². The Kier molecular flexibility index (Phi) is 12.5. The number of carbonyl (C=O) groups excluding carboxylic acids is 3. The van der Waals surface area contributed by atoms with Gasteiger partial charge in [-0.2, -0.15) is 5.10 Å². The molecule has 178 valence electrons. The van der Waals surface area contributed by atoms with Gasteiger partial charge in [-0.25, -0.2) is 0 Å². The smallest absolute Gasteiger partial charge is 0.242 e. The van der Waals surface area contributed by atoms with Crippen molar-refractivity contribution in [3.63, 3.8) is 0 Å². The van der Waals surface area contributed by atoms with Crippen molar-refractivity contribution in [1.82, 2.24) is 20.4 Å². The molecule has 32 heavy (non-hydrogen) atoms. The summed E-state index contributed by atoms with van der Waals surface area (Å²) in [6.45, 7) is 5.99. The molecular weight excluding hydrogens is 410 g/mol. The molecule has 0 aliphatic carbocycles. The zero-order valence-electron chi connectivity index (χ0n) is 19.8. The van der Waals surface area contributed by atoms with Crippen LogP contribution in [0.3, 0.4) is 0 Å². The van der Waals surface area contributed by atoms with Crippen molar-refractivity contribution in [2.24, 2.45) is 17.2 Å². The maximum atomic E-state index is 12.6. The van der Waals surface area contributed by atoms with E-state index in [2.05, 4.69) is 27.2 Å². The van der Waals surface area contributed by atoms with E-state index >= 15 is 0 Å². The highest BCUT2D eigenvalue weighted by molar-refractivity contribution is 5.92. The molecule has 1 atom stereocenters. The number of benzene rings is 1. The van der Waals surface area contributed by atoms with Gasteiger partial charge in [0.15, 0.2) is 0 Å². The molecule has 0 bridgehead atoms. The number of likely N-dealkylation sites (N-methyl/N-ethyl adjacent to an activating group) is 1. The van der Waals surface area contributed by atoms with Crippen molar-refractivity contribution >= 4 is 17.7 Å².